The Labute approximate surface area is 187 Å². The van der Waals surface area contributed by atoms with Crippen LogP contribution in [0.15, 0.2) is 24.5 Å². The summed E-state index contributed by atoms with van der Waals surface area (Å²) < 4.78 is 16.5. The van der Waals surface area contributed by atoms with Gasteiger partial charge in [0.05, 0.1) is 31.6 Å². The lowest BCUT2D eigenvalue weighted by Crippen LogP contribution is -2.14. The summed E-state index contributed by atoms with van der Waals surface area (Å²) in [6, 6.07) is 3.42. The van der Waals surface area contributed by atoms with Gasteiger partial charge in [0.25, 0.3) is 11.1 Å². The van der Waals surface area contributed by atoms with Crippen molar-refractivity contribution in [3.05, 3.63) is 40.9 Å². The van der Waals surface area contributed by atoms with Crippen LogP contribution in [-0.2, 0) is 4.74 Å². The number of hydrogen-bond donors (Lipinski definition) is 1. The summed E-state index contributed by atoms with van der Waals surface area (Å²) >= 11 is 7.22. The summed E-state index contributed by atoms with van der Waals surface area (Å²) in [5.41, 5.74) is 2.21. The van der Waals surface area contributed by atoms with E-state index in [0.717, 1.165) is 24.4 Å². The van der Waals surface area contributed by atoms with Crippen LogP contribution in [0.5, 0.6) is 10.9 Å². The number of ether oxygens (including phenoxy) is 3. The lowest BCUT2D eigenvalue weighted by Gasteiger charge is -2.15. The van der Waals surface area contributed by atoms with E-state index in [1.54, 1.807) is 25.3 Å². The van der Waals surface area contributed by atoms with Crippen molar-refractivity contribution in [1.82, 2.24) is 20.2 Å². The molecule has 1 atom stereocenters. The standard InChI is InChI=1S/C20H20ClN5O4S/c1-11-17(28-2)16(13-3-5-22-15(21)7-13)14(8-23-11)18(27)24-19-25-26-20(31-19)30-10-12-4-6-29-9-12/h3,5,7-8,12H,4,6,9-10H2,1-2H3,(H,24,25,27)/t12-/m1/s1. The van der Waals surface area contributed by atoms with E-state index in [1.807, 2.05) is 0 Å². The minimum Gasteiger partial charge on any atom is -0.494 e. The summed E-state index contributed by atoms with van der Waals surface area (Å²) in [4.78, 5) is 21.4. The molecule has 4 rings (SSSR count). The highest BCUT2D eigenvalue weighted by molar-refractivity contribution is 7.17. The van der Waals surface area contributed by atoms with Crippen LogP contribution >= 0.6 is 22.9 Å². The molecule has 4 heterocycles. The van der Waals surface area contributed by atoms with Gasteiger partial charge in [0.1, 0.15) is 10.9 Å². The van der Waals surface area contributed by atoms with Crippen LogP contribution in [0.1, 0.15) is 22.5 Å². The summed E-state index contributed by atoms with van der Waals surface area (Å²) in [6.07, 6.45) is 4.03. The van der Waals surface area contributed by atoms with Crippen molar-refractivity contribution in [3.8, 4) is 22.1 Å². The van der Waals surface area contributed by atoms with Gasteiger partial charge >= 0.3 is 0 Å². The number of hydrogen-bond acceptors (Lipinski definition) is 9. The molecule has 162 valence electrons. The van der Waals surface area contributed by atoms with Crippen molar-refractivity contribution in [2.24, 2.45) is 5.92 Å². The van der Waals surface area contributed by atoms with Crippen LogP contribution in [-0.4, -0.2) is 53.0 Å². The molecule has 3 aromatic rings. The highest BCUT2D eigenvalue weighted by atomic mass is 35.5. The van der Waals surface area contributed by atoms with Gasteiger partial charge in [0.2, 0.25) is 5.13 Å². The van der Waals surface area contributed by atoms with Crippen LogP contribution in [0.4, 0.5) is 5.13 Å². The number of carbonyl (C=O) groups is 1. The number of halogens is 1. The zero-order chi connectivity index (χ0) is 21.8. The van der Waals surface area contributed by atoms with Crippen LogP contribution in [0.3, 0.4) is 0 Å². The molecule has 31 heavy (non-hydrogen) atoms. The van der Waals surface area contributed by atoms with Gasteiger partial charge in [-0.3, -0.25) is 15.1 Å². The molecule has 0 spiro atoms. The molecule has 1 saturated heterocycles. The Morgan fingerprint density at radius 1 is 1.39 bits per heavy atom. The van der Waals surface area contributed by atoms with Gasteiger partial charge in [-0.25, -0.2) is 4.98 Å². The Hall–Kier alpha value is -2.82. The number of aromatic nitrogens is 4. The quantitative estimate of drug-likeness (QED) is 0.531. The SMILES string of the molecule is COc1c(C)ncc(C(=O)Nc2nnc(OC[C@@H]3CCOC3)s2)c1-c1ccnc(Cl)c1. The second kappa shape index (κ2) is 9.54. The average molecular weight is 462 g/mol. The van der Waals surface area contributed by atoms with E-state index >= 15 is 0 Å². The maximum atomic E-state index is 13.1. The summed E-state index contributed by atoms with van der Waals surface area (Å²) in [5, 5.41) is 11.8. The Kier molecular flexibility index (Phi) is 6.59. The first-order chi connectivity index (χ1) is 15.0. The van der Waals surface area contributed by atoms with Gasteiger partial charge in [0, 0.05) is 30.5 Å². The molecular weight excluding hydrogens is 442 g/mol. The highest BCUT2D eigenvalue weighted by Gasteiger charge is 2.22. The molecule has 0 radical (unpaired) electrons. The first-order valence-electron chi connectivity index (χ1n) is 9.56. The number of methoxy groups -OCH3 is 1. The minimum atomic E-state index is -0.402. The second-order valence-electron chi connectivity index (χ2n) is 6.90. The van der Waals surface area contributed by atoms with E-state index in [2.05, 4.69) is 25.5 Å². The van der Waals surface area contributed by atoms with E-state index in [4.69, 9.17) is 25.8 Å². The largest absolute Gasteiger partial charge is 0.494 e. The van der Waals surface area contributed by atoms with Gasteiger partial charge in [-0.1, -0.05) is 16.7 Å². The summed E-state index contributed by atoms with van der Waals surface area (Å²) in [6.45, 7) is 3.75. The van der Waals surface area contributed by atoms with Crippen molar-refractivity contribution in [2.75, 3.05) is 32.2 Å². The Morgan fingerprint density at radius 2 is 2.26 bits per heavy atom. The zero-order valence-electron chi connectivity index (χ0n) is 16.9. The van der Waals surface area contributed by atoms with E-state index in [0.29, 0.717) is 62.7 Å². The lowest BCUT2D eigenvalue weighted by atomic mass is 9.99. The first-order valence-corrected chi connectivity index (χ1v) is 10.8. The van der Waals surface area contributed by atoms with Crippen molar-refractivity contribution in [2.45, 2.75) is 13.3 Å². The number of aryl methyl sites for hydroxylation is 1. The summed E-state index contributed by atoms with van der Waals surface area (Å²) in [7, 11) is 1.53. The number of nitrogens with zero attached hydrogens (tertiary/aromatic N) is 4. The smallest absolute Gasteiger partial charge is 0.295 e. The minimum absolute atomic E-state index is 0.305. The molecule has 1 aliphatic heterocycles. The van der Waals surface area contributed by atoms with Crippen molar-refractivity contribution in [1.29, 1.82) is 0 Å². The Bertz CT molecular complexity index is 1090. The maximum absolute atomic E-state index is 13.1. The molecule has 3 aromatic heterocycles. The number of amides is 1. The fourth-order valence-electron chi connectivity index (χ4n) is 3.24. The van der Waals surface area contributed by atoms with Crippen LogP contribution in [0, 0.1) is 12.8 Å². The molecule has 0 unspecified atom stereocenters. The van der Waals surface area contributed by atoms with Crippen LogP contribution < -0.4 is 14.8 Å². The van der Waals surface area contributed by atoms with Gasteiger partial charge in [0.15, 0.2) is 0 Å². The molecule has 0 aliphatic carbocycles. The third-order valence-corrected chi connectivity index (χ3v) is 5.73. The fraction of sp³-hybridized carbons (Fsp3) is 0.350. The number of nitrogens with one attached hydrogen (secondary N) is 1. The normalized spacial score (nSPS) is 15.6. The van der Waals surface area contributed by atoms with Crippen molar-refractivity contribution in [3.63, 3.8) is 0 Å². The number of rotatable bonds is 7. The average Bonchev–Trinajstić information content (AvgIpc) is 3.44. The monoisotopic (exact) mass is 461 g/mol. The fourth-order valence-corrected chi connectivity index (χ4v) is 4.01. The van der Waals surface area contributed by atoms with E-state index in [-0.39, 0.29) is 0 Å². The third kappa shape index (κ3) is 4.92. The van der Waals surface area contributed by atoms with Crippen LogP contribution in [0.25, 0.3) is 11.1 Å². The van der Waals surface area contributed by atoms with Gasteiger partial charge < -0.3 is 14.2 Å². The highest BCUT2D eigenvalue weighted by Crippen LogP contribution is 2.36. The number of pyridine rings is 2. The van der Waals surface area contributed by atoms with E-state index in [1.165, 1.54) is 13.3 Å². The summed E-state index contributed by atoms with van der Waals surface area (Å²) in [5.74, 6) is 0.429. The lowest BCUT2D eigenvalue weighted by molar-refractivity contribution is 0.102. The molecule has 1 amide bonds. The molecule has 0 bridgehead atoms. The maximum Gasteiger partial charge on any atom is 0.295 e. The molecule has 11 heteroatoms. The van der Waals surface area contributed by atoms with E-state index < -0.39 is 5.91 Å². The Balaban J connectivity index is 1.56. The molecule has 0 aromatic carbocycles. The molecule has 9 nitrogen and oxygen atoms in total. The van der Waals surface area contributed by atoms with Crippen LogP contribution in [0.2, 0.25) is 5.15 Å². The van der Waals surface area contributed by atoms with Crippen molar-refractivity contribution < 1.29 is 19.0 Å². The third-order valence-electron chi connectivity index (χ3n) is 4.77. The molecular formula is C20H20ClN5O4S. The topological polar surface area (TPSA) is 108 Å². The molecule has 1 N–H and O–H groups in total. The predicted octanol–water partition coefficient (Wildman–Crippen LogP) is 3.63. The molecule has 0 saturated carbocycles. The predicted molar refractivity (Wildman–Crippen MR) is 116 cm³/mol. The molecule has 1 aliphatic rings. The number of carbonyl (C=O) groups excluding carboxylic acids is 1. The van der Waals surface area contributed by atoms with Gasteiger partial charge in [-0.2, -0.15) is 0 Å². The first kappa shape index (κ1) is 21.4. The second-order valence-corrected chi connectivity index (χ2v) is 8.23. The zero-order valence-corrected chi connectivity index (χ0v) is 18.5. The molecule has 1 fully saturated rings. The van der Waals surface area contributed by atoms with Crippen molar-refractivity contribution >= 4 is 34.0 Å². The van der Waals surface area contributed by atoms with E-state index in [9.17, 15) is 4.79 Å². The van der Waals surface area contributed by atoms with Gasteiger partial charge in [-0.05, 0) is 42.4 Å². The number of anilines is 1. The van der Waals surface area contributed by atoms with Gasteiger partial charge in [-0.15, -0.1) is 5.10 Å². The Morgan fingerprint density at radius 3 is 3.00 bits per heavy atom.